The van der Waals surface area contributed by atoms with E-state index in [4.69, 9.17) is 4.74 Å². The zero-order valence-electron chi connectivity index (χ0n) is 10.8. The highest BCUT2D eigenvalue weighted by Crippen LogP contribution is 2.23. The number of carbonyl (C=O) groups is 1. The molecule has 0 amide bonds. The number of hydrogen-bond acceptors (Lipinski definition) is 4. The largest absolute Gasteiger partial charge is 0.378 e. The summed E-state index contributed by atoms with van der Waals surface area (Å²) in [6.07, 6.45) is 6.15. The van der Waals surface area contributed by atoms with Crippen molar-refractivity contribution < 1.29 is 17.9 Å². The van der Waals surface area contributed by atoms with Gasteiger partial charge in [0.2, 0.25) is 0 Å². The highest BCUT2D eigenvalue weighted by atomic mass is 32.2. The van der Waals surface area contributed by atoms with Crippen LogP contribution in [0.4, 0.5) is 0 Å². The lowest BCUT2D eigenvalue weighted by Gasteiger charge is -2.09. The summed E-state index contributed by atoms with van der Waals surface area (Å²) in [5, 5.41) is 0. The molecule has 0 aromatic carbocycles. The molecule has 104 valence electrons. The van der Waals surface area contributed by atoms with Crippen molar-refractivity contribution in [2.75, 3.05) is 18.1 Å². The Kier molecular flexibility index (Phi) is 4.78. The SMILES string of the molecule is O=C(CCCC1CCCO1)CC1CCS(=O)(=O)C1. The molecule has 0 aromatic heterocycles. The average Bonchev–Trinajstić information content (AvgIpc) is 2.88. The summed E-state index contributed by atoms with van der Waals surface area (Å²) in [5.41, 5.74) is 0. The molecular formula is C13H22O4S. The second-order valence-electron chi connectivity index (χ2n) is 5.54. The van der Waals surface area contributed by atoms with Gasteiger partial charge >= 0.3 is 0 Å². The standard InChI is InChI=1S/C13H22O4S/c14-12(3-1-4-13-5-2-7-17-13)9-11-6-8-18(15,16)10-11/h11,13H,1-10H2. The Morgan fingerprint density at radius 2 is 2.11 bits per heavy atom. The van der Waals surface area contributed by atoms with Gasteiger partial charge in [-0.15, -0.1) is 0 Å². The van der Waals surface area contributed by atoms with Crippen LogP contribution in [0, 0.1) is 5.92 Å². The van der Waals surface area contributed by atoms with Crippen molar-refractivity contribution in [3.8, 4) is 0 Å². The molecule has 0 radical (unpaired) electrons. The Bertz CT molecular complexity index is 382. The molecule has 0 saturated carbocycles. The predicted octanol–water partition coefficient (Wildman–Crippen LogP) is 1.73. The lowest BCUT2D eigenvalue weighted by molar-refractivity contribution is -0.120. The summed E-state index contributed by atoms with van der Waals surface area (Å²) in [6.45, 7) is 0.860. The maximum Gasteiger partial charge on any atom is 0.150 e. The second kappa shape index (κ2) is 6.15. The van der Waals surface area contributed by atoms with Gasteiger partial charge in [-0.05, 0) is 38.0 Å². The van der Waals surface area contributed by atoms with E-state index in [0.717, 1.165) is 32.3 Å². The van der Waals surface area contributed by atoms with Crippen LogP contribution < -0.4 is 0 Å². The van der Waals surface area contributed by atoms with E-state index in [1.165, 1.54) is 0 Å². The van der Waals surface area contributed by atoms with Crippen LogP contribution in [0.3, 0.4) is 0 Å². The zero-order chi connectivity index (χ0) is 13.0. The van der Waals surface area contributed by atoms with E-state index >= 15 is 0 Å². The lowest BCUT2D eigenvalue weighted by atomic mass is 9.98. The van der Waals surface area contributed by atoms with Gasteiger partial charge in [-0.3, -0.25) is 4.79 Å². The second-order valence-corrected chi connectivity index (χ2v) is 7.77. The first-order valence-corrected chi connectivity index (χ1v) is 8.71. The van der Waals surface area contributed by atoms with E-state index in [9.17, 15) is 13.2 Å². The third-order valence-corrected chi connectivity index (χ3v) is 5.69. The van der Waals surface area contributed by atoms with Gasteiger partial charge in [0.25, 0.3) is 0 Å². The third-order valence-electron chi connectivity index (χ3n) is 3.85. The first-order valence-electron chi connectivity index (χ1n) is 6.89. The van der Waals surface area contributed by atoms with E-state index in [-0.39, 0.29) is 23.2 Å². The maximum absolute atomic E-state index is 11.7. The first kappa shape index (κ1) is 14.0. The summed E-state index contributed by atoms with van der Waals surface area (Å²) < 4.78 is 28.1. The smallest absolute Gasteiger partial charge is 0.150 e. The predicted molar refractivity (Wildman–Crippen MR) is 69.2 cm³/mol. The van der Waals surface area contributed by atoms with Gasteiger partial charge in [0.1, 0.15) is 5.78 Å². The minimum absolute atomic E-state index is 0.0743. The lowest BCUT2D eigenvalue weighted by Crippen LogP contribution is -2.11. The summed E-state index contributed by atoms with van der Waals surface area (Å²) in [6, 6.07) is 0. The van der Waals surface area contributed by atoms with Crippen LogP contribution in [-0.4, -0.2) is 38.4 Å². The van der Waals surface area contributed by atoms with E-state index in [1.807, 2.05) is 0 Å². The van der Waals surface area contributed by atoms with E-state index < -0.39 is 9.84 Å². The highest BCUT2D eigenvalue weighted by molar-refractivity contribution is 7.91. The van der Waals surface area contributed by atoms with E-state index in [2.05, 4.69) is 0 Å². The molecule has 2 aliphatic heterocycles. The molecule has 2 heterocycles. The van der Waals surface area contributed by atoms with Crippen LogP contribution in [0.1, 0.15) is 44.9 Å². The monoisotopic (exact) mass is 274 g/mol. The van der Waals surface area contributed by atoms with Crippen LogP contribution in [0.5, 0.6) is 0 Å². The molecule has 2 saturated heterocycles. The Labute approximate surface area is 109 Å². The number of rotatable bonds is 6. The molecule has 0 aliphatic carbocycles. The molecule has 0 spiro atoms. The number of sulfone groups is 1. The van der Waals surface area contributed by atoms with Gasteiger partial charge in [0.05, 0.1) is 17.6 Å². The van der Waals surface area contributed by atoms with Gasteiger partial charge < -0.3 is 4.74 Å². The van der Waals surface area contributed by atoms with Crippen molar-refractivity contribution in [3.63, 3.8) is 0 Å². The molecule has 4 nitrogen and oxygen atoms in total. The van der Waals surface area contributed by atoms with Gasteiger partial charge in [-0.25, -0.2) is 8.42 Å². The minimum Gasteiger partial charge on any atom is -0.378 e. The zero-order valence-corrected chi connectivity index (χ0v) is 11.6. The van der Waals surface area contributed by atoms with Gasteiger partial charge in [-0.2, -0.15) is 0 Å². The van der Waals surface area contributed by atoms with Crippen LogP contribution in [0.15, 0.2) is 0 Å². The van der Waals surface area contributed by atoms with Crippen molar-refractivity contribution in [2.45, 2.75) is 51.0 Å². The van der Waals surface area contributed by atoms with Crippen molar-refractivity contribution in [3.05, 3.63) is 0 Å². The molecule has 2 fully saturated rings. The quantitative estimate of drug-likeness (QED) is 0.740. The van der Waals surface area contributed by atoms with Crippen LogP contribution in [0.25, 0.3) is 0 Å². The molecule has 18 heavy (non-hydrogen) atoms. The third kappa shape index (κ3) is 4.35. The van der Waals surface area contributed by atoms with E-state index in [1.54, 1.807) is 0 Å². The Morgan fingerprint density at radius 3 is 2.72 bits per heavy atom. The molecule has 2 aliphatic rings. The highest BCUT2D eigenvalue weighted by Gasteiger charge is 2.29. The summed E-state index contributed by atoms with van der Waals surface area (Å²) in [4.78, 5) is 11.7. The number of hydrogen-bond donors (Lipinski definition) is 0. The van der Waals surface area contributed by atoms with Gasteiger partial charge in [0.15, 0.2) is 9.84 Å². The number of carbonyl (C=O) groups excluding carboxylic acids is 1. The fraction of sp³-hybridized carbons (Fsp3) is 0.923. The van der Waals surface area contributed by atoms with Crippen LogP contribution >= 0.6 is 0 Å². The number of Topliss-reactive ketones (excluding diaryl/α,β-unsaturated/α-hetero) is 1. The fourth-order valence-electron chi connectivity index (χ4n) is 2.86. The van der Waals surface area contributed by atoms with Gasteiger partial charge in [-0.1, -0.05) is 0 Å². The molecule has 5 heteroatoms. The summed E-state index contributed by atoms with van der Waals surface area (Å²) >= 11 is 0. The minimum atomic E-state index is -2.85. The van der Waals surface area contributed by atoms with Crippen LogP contribution in [0.2, 0.25) is 0 Å². The normalized spacial score (nSPS) is 30.7. The van der Waals surface area contributed by atoms with Crippen molar-refractivity contribution >= 4 is 15.6 Å². The molecular weight excluding hydrogens is 252 g/mol. The first-order chi connectivity index (χ1) is 8.55. The molecule has 0 N–H and O–H groups in total. The Balaban J connectivity index is 1.60. The van der Waals surface area contributed by atoms with E-state index in [0.29, 0.717) is 25.4 Å². The summed E-state index contributed by atoms with van der Waals surface area (Å²) in [7, 11) is -2.85. The Morgan fingerprint density at radius 1 is 1.28 bits per heavy atom. The number of ketones is 1. The van der Waals surface area contributed by atoms with Crippen molar-refractivity contribution in [2.24, 2.45) is 5.92 Å². The van der Waals surface area contributed by atoms with Crippen molar-refractivity contribution in [1.29, 1.82) is 0 Å². The molecule has 2 atom stereocenters. The Hall–Kier alpha value is -0.420. The fourth-order valence-corrected chi connectivity index (χ4v) is 4.72. The molecule has 2 rings (SSSR count). The van der Waals surface area contributed by atoms with Gasteiger partial charge in [0, 0.05) is 19.4 Å². The average molecular weight is 274 g/mol. The molecule has 0 bridgehead atoms. The van der Waals surface area contributed by atoms with Crippen molar-refractivity contribution in [1.82, 2.24) is 0 Å². The summed E-state index contributed by atoms with van der Waals surface area (Å²) in [5.74, 6) is 0.769. The number of ether oxygens (including phenoxy) is 1. The molecule has 0 aromatic rings. The molecule has 2 unspecified atom stereocenters. The maximum atomic E-state index is 11.7. The van der Waals surface area contributed by atoms with Crippen LogP contribution in [-0.2, 0) is 19.4 Å². The topological polar surface area (TPSA) is 60.4 Å².